The predicted molar refractivity (Wildman–Crippen MR) is 90.9 cm³/mol. The Labute approximate surface area is 159 Å². The van der Waals surface area contributed by atoms with Gasteiger partial charge in [-0.25, -0.2) is 0 Å². The summed E-state index contributed by atoms with van der Waals surface area (Å²) < 4.78 is 44.9. The van der Waals surface area contributed by atoms with Crippen LogP contribution in [0.2, 0.25) is 0 Å². The van der Waals surface area contributed by atoms with E-state index in [0.717, 1.165) is 0 Å². The molecule has 2 atom stereocenters. The van der Waals surface area contributed by atoms with E-state index in [2.05, 4.69) is 10.1 Å². The number of alkyl halides is 3. The molecule has 1 aliphatic heterocycles. The summed E-state index contributed by atoms with van der Waals surface area (Å²) in [5, 5.41) is 12.6. The topological polar surface area (TPSA) is 95.9 Å². The SMILES string of the molecule is CCOC(=O)CCN1C(=O)[C@H](NC(=O)c2ccccc2)CC[C@]1(O)C(F)(F)F. The molecular weight excluding hydrogens is 381 g/mol. The van der Waals surface area contributed by atoms with Crippen LogP contribution in [0.3, 0.4) is 0 Å². The number of aliphatic hydroxyl groups is 1. The summed E-state index contributed by atoms with van der Waals surface area (Å²) in [6.07, 6.45) is -6.86. The van der Waals surface area contributed by atoms with Crippen LogP contribution >= 0.6 is 0 Å². The molecule has 2 rings (SSSR count). The van der Waals surface area contributed by atoms with Crippen molar-refractivity contribution in [2.45, 2.75) is 44.1 Å². The molecule has 1 aromatic carbocycles. The van der Waals surface area contributed by atoms with Gasteiger partial charge < -0.3 is 20.1 Å². The molecule has 0 radical (unpaired) electrons. The van der Waals surface area contributed by atoms with E-state index in [9.17, 15) is 32.7 Å². The Bertz CT molecular complexity index is 726. The number of esters is 1. The number of likely N-dealkylation sites (tertiary alicyclic amines) is 1. The Morgan fingerprint density at radius 2 is 1.96 bits per heavy atom. The van der Waals surface area contributed by atoms with Gasteiger partial charge in [-0.3, -0.25) is 14.4 Å². The number of rotatable bonds is 6. The molecule has 2 amide bonds. The van der Waals surface area contributed by atoms with Crippen molar-refractivity contribution in [1.29, 1.82) is 0 Å². The molecule has 1 aromatic rings. The fraction of sp³-hybridized carbons (Fsp3) is 0.500. The lowest BCUT2D eigenvalue weighted by atomic mass is 9.92. The van der Waals surface area contributed by atoms with E-state index in [1.165, 1.54) is 19.1 Å². The third-order valence-corrected chi connectivity index (χ3v) is 4.43. The first-order valence-electron chi connectivity index (χ1n) is 8.72. The number of ether oxygens (including phenoxy) is 1. The highest BCUT2D eigenvalue weighted by atomic mass is 19.4. The highest BCUT2D eigenvalue weighted by Crippen LogP contribution is 2.40. The zero-order valence-electron chi connectivity index (χ0n) is 15.2. The summed E-state index contributed by atoms with van der Waals surface area (Å²) in [6.45, 7) is 0.878. The number of benzene rings is 1. The van der Waals surface area contributed by atoms with Crippen LogP contribution in [0.25, 0.3) is 0 Å². The van der Waals surface area contributed by atoms with E-state index in [0.29, 0.717) is 0 Å². The van der Waals surface area contributed by atoms with Crippen LogP contribution in [0, 0.1) is 0 Å². The number of hydrogen-bond acceptors (Lipinski definition) is 5. The molecule has 2 N–H and O–H groups in total. The molecule has 0 unspecified atom stereocenters. The number of halogens is 3. The average molecular weight is 402 g/mol. The zero-order valence-corrected chi connectivity index (χ0v) is 15.2. The summed E-state index contributed by atoms with van der Waals surface area (Å²) in [7, 11) is 0. The minimum atomic E-state index is -5.12. The van der Waals surface area contributed by atoms with Gasteiger partial charge in [0.05, 0.1) is 13.0 Å². The van der Waals surface area contributed by atoms with Crippen LogP contribution in [-0.2, 0) is 14.3 Å². The lowest BCUT2D eigenvalue weighted by Gasteiger charge is -2.46. The number of piperidine rings is 1. The molecule has 1 fully saturated rings. The van der Waals surface area contributed by atoms with Gasteiger partial charge in [0.1, 0.15) is 6.04 Å². The van der Waals surface area contributed by atoms with Crippen molar-refractivity contribution in [1.82, 2.24) is 10.2 Å². The van der Waals surface area contributed by atoms with Crippen molar-refractivity contribution < 1.29 is 37.4 Å². The normalized spacial score (nSPS) is 22.7. The molecule has 28 heavy (non-hydrogen) atoms. The Hall–Kier alpha value is -2.62. The summed E-state index contributed by atoms with van der Waals surface area (Å²) in [4.78, 5) is 36.6. The molecule has 0 bridgehead atoms. The van der Waals surface area contributed by atoms with Gasteiger partial charge in [-0.1, -0.05) is 18.2 Å². The molecule has 1 aliphatic rings. The second-order valence-corrected chi connectivity index (χ2v) is 6.29. The first-order chi connectivity index (χ1) is 13.1. The molecule has 1 heterocycles. The quantitative estimate of drug-likeness (QED) is 0.705. The Morgan fingerprint density at radius 1 is 1.32 bits per heavy atom. The van der Waals surface area contributed by atoms with Gasteiger partial charge in [0.15, 0.2) is 0 Å². The van der Waals surface area contributed by atoms with Crippen LogP contribution in [-0.4, -0.2) is 58.9 Å². The van der Waals surface area contributed by atoms with Crippen LogP contribution in [0.4, 0.5) is 13.2 Å². The molecule has 154 valence electrons. The Balaban J connectivity index is 2.18. The van der Waals surface area contributed by atoms with E-state index in [-0.39, 0.29) is 17.1 Å². The van der Waals surface area contributed by atoms with E-state index < -0.39 is 61.5 Å². The van der Waals surface area contributed by atoms with Crippen molar-refractivity contribution in [3.63, 3.8) is 0 Å². The highest BCUT2D eigenvalue weighted by molar-refractivity contribution is 5.97. The zero-order chi connectivity index (χ0) is 20.9. The molecular formula is C18H21F3N2O5. The fourth-order valence-electron chi connectivity index (χ4n) is 2.97. The van der Waals surface area contributed by atoms with Crippen molar-refractivity contribution in [2.24, 2.45) is 0 Å². The van der Waals surface area contributed by atoms with Gasteiger partial charge in [0.2, 0.25) is 11.6 Å². The lowest BCUT2D eigenvalue weighted by molar-refractivity contribution is -0.318. The number of nitrogens with one attached hydrogen (secondary N) is 1. The molecule has 0 saturated carbocycles. The number of carbonyl (C=O) groups excluding carboxylic acids is 3. The van der Waals surface area contributed by atoms with E-state index in [1.807, 2.05) is 0 Å². The maximum absolute atomic E-state index is 13.4. The van der Waals surface area contributed by atoms with Crippen LogP contribution in [0.5, 0.6) is 0 Å². The van der Waals surface area contributed by atoms with Gasteiger partial charge in [-0.05, 0) is 25.5 Å². The maximum Gasteiger partial charge on any atom is 0.436 e. The van der Waals surface area contributed by atoms with E-state index in [4.69, 9.17) is 0 Å². The maximum atomic E-state index is 13.4. The predicted octanol–water partition coefficient (Wildman–Crippen LogP) is 1.61. The summed E-state index contributed by atoms with van der Waals surface area (Å²) in [6, 6.07) is 6.62. The summed E-state index contributed by atoms with van der Waals surface area (Å²) >= 11 is 0. The highest BCUT2D eigenvalue weighted by Gasteiger charge is 2.62. The third kappa shape index (κ3) is 4.61. The first kappa shape index (κ1) is 21.7. The average Bonchev–Trinajstić information content (AvgIpc) is 2.64. The van der Waals surface area contributed by atoms with Gasteiger partial charge in [-0.2, -0.15) is 13.2 Å². The minimum absolute atomic E-state index is 0.0338. The van der Waals surface area contributed by atoms with Crippen molar-refractivity contribution in [3.8, 4) is 0 Å². The van der Waals surface area contributed by atoms with Gasteiger partial charge in [0, 0.05) is 18.5 Å². The number of nitrogens with zero attached hydrogens (tertiary/aromatic N) is 1. The van der Waals surface area contributed by atoms with E-state index in [1.54, 1.807) is 18.2 Å². The van der Waals surface area contributed by atoms with Gasteiger partial charge in [0.25, 0.3) is 5.91 Å². The standard InChI is InChI=1S/C18H21F3N2O5/c1-2-28-14(24)9-11-23-16(26)13(8-10-17(23,27)18(19,20)21)22-15(25)12-6-4-3-5-7-12/h3-7,13,27H,2,8-11H2,1H3,(H,22,25)/t13-,17+/m1/s1. The lowest BCUT2D eigenvalue weighted by Crippen LogP contribution is -2.68. The number of hydrogen-bond donors (Lipinski definition) is 2. The van der Waals surface area contributed by atoms with Crippen molar-refractivity contribution >= 4 is 17.8 Å². The van der Waals surface area contributed by atoms with Crippen molar-refractivity contribution in [2.75, 3.05) is 13.2 Å². The number of amides is 2. The smallest absolute Gasteiger partial charge is 0.436 e. The second kappa shape index (κ2) is 8.59. The van der Waals surface area contributed by atoms with Crippen molar-refractivity contribution in [3.05, 3.63) is 35.9 Å². The summed E-state index contributed by atoms with van der Waals surface area (Å²) in [5.74, 6) is -2.53. The van der Waals surface area contributed by atoms with Crippen LogP contribution in [0.1, 0.15) is 36.5 Å². The van der Waals surface area contributed by atoms with Crippen LogP contribution < -0.4 is 5.32 Å². The Kier molecular flexibility index (Phi) is 6.65. The molecule has 1 saturated heterocycles. The molecule has 0 spiro atoms. The minimum Gasteiger partial charge on any atom is -0.466 e. The molecule has 10 heteroatoms. The monoisotopic (exact) mass is 402 g/mol. The molecule has 0 aliphatic carbocycles. The Morgan fingerprint density at radius 3 is 2.54 bits per heavy atom. The largest absolute Gasteiger partial charge is 0.466 e. The molecule has 0 aromatic heterocycles. The van der Waals surface area contributed by atoms with Gasteiger partial charge >= 0.3 is 12.1 Å². The number of carbonyl (C=O) groups is 3. The second-order valence-electron chi connectivity index (χ2n) is 6.29. The van der Waals surface area contributed by atoms with E-state index >= 15 is 0 Å². The summed E-state index contributed by atoms with van der Waals surface area (Å²) in [5.41, 5.74) is -3.17. The third-order valence-electron chi connectivity index (χ3n) is 4.43. The molecule has 7 nitrogen and oxygen atoms in total. The fourth-order valence-corrected chi connectivity index (χ4v) is 2.97. The first-order valence-corrected chi connectivity index (χ1v) is 8.72. The van der Waals surface area contributed by atoms with Gasteiger partial charge in [-0.15, -0.1) is 0 Å². The van der Waals surface area contributed by atoms with Crippen LogP contribution in [0.15, 0.2) is 30.3 Å².